The number of amides is 2. The quantitative estimate of drug-likeness (QED) is 0.813. The van der Waals surface area contributed by atoms with E-state index in [1.165, 1.54) is 0 Å². The number of pyridine rings is 1. The lowest BCUT2D eigenvalue weighted by molar-refractivity contribution is -0.130. The van der Waals surface area contributed by atoms with E-state index in [4.69, 9.17) is 4.74 Å². The number of ether oxygens (including phenoxy) is 1. The minimum Gasteiger partial charge on any atom is -0.494 e. The third kappa shape index (κ3) is 5.54. The first-order valence-electron chi connectivity index (χ1n) is 9.95. The number of hydrogen-bond donors (Lipinski definition) is 1. The number of aryl methyl sites for hydroxylation is 1. The van der Waals surface area contributed by atoms with Crippen LogP contribution in [-0.2, 0) is 11.3 Å². The molecule has 1 saturated heterocycles. The van der Waals surface area contributed by atoms with Gasteiger partial charge in [0.1, 0.15) is 11.6 Å². The summed E-state index contributed by atoms with van der Waals surface area (Å²) in [5.74, 6) is 1.14. The maximum absolute atomic E-state index is 12.6. The number of anilines is 1. The lowest BCUT2D eigenvalue weighted by Crippen LogP contribution is -2.47. The van der Waals surface area contributed by atoms with Gasteiger partial charge in [-0.05, 0) is 43.7 Å². The summed E-state index contributed by atoms with van der Waals surface area (Å²) in [6.45, 7) is 9.83. The van der Waals surface area contributed by atoms with Gasteiger partial charge in [-0.2, -0.15) is 0 Å². The predicted octanol–water partition coefficient (Wildman–Crippen LogP) is 2.71. The first kappa shape index (κ1) is 20.8. The summed E-state index contributed by atoms with van der Waals surface area (Å²) in [6, 6.07) is 11.0. The van der Waals surface area contributed by atoms with Gasteiger partial charge in [0.15, 0.2) is 0 Å². The standard InChI is InChI=1S/C22H28N4O3/c1-4-29-20-14-18(9-8-16(20)2)22(28)24-21-7-5-6-19(23-21)15-25-10-12-26(13-11-25)17(3)27/h5-9,14H,4,10-13,15H2,1-3H3,(H,23,24,28). The van der Waals surface area contributed by atoms with Gasteiger partial charge in [0, 0.05) is 45.2 Å². The molecule has 7 nitrogen and oxygen atoms in total. The highest BCUT2D eigenvalue weighted by atomic mass is 16.5. The van der Waals surface area contributed by atoms with Crippen LogP contribution >= 0.6 is 0 Å². The number of benzene rings is 1. The molecule has 2 aromatic rings. The van der Waals surface area contributed by atoms with E-state index in [1.54, 1.807) is 25.1 Å². The van der Waals surface area contributed by atoms with E-state index in [2.05, 4.69) is 15.2 Å². The summed E-state index contributed by atoms with van der Waals surface area (Å²) >= 11 is 0. The molecule has 0 aliphatic carbocycles. The van der Waals surface area contributed by atoms with Gasteiger partial charge >= 0.3 is 0 Å². The summed E-state index contributed by atoms with van der Waals surface area (Å²) < 4.78 is 5.58. The van der Waals surface area contributed by atoms with Crippen LogP contribution in [0.3, 0.4) is 0 Å². The number of carbonyl (C=O) groups excluding carboxylic acids is 2. The molecule has 0 saturated carbocycles. The predicted molar refractivity (Wildman–Crippen MR) is 112 cm³/mol. The van der Waals surface area contributed by atoms with Crippen LogP contribution in [0.25, 0.3) is 0 Å². The smallest absolute Gasteiger partial charge is 0.256 e. The molecule has 2 heterocycles. The number of rotatable bonds is 6. The van der Waals surface area contributed by atoms with Crippen molar-refractivity contribution in [3.8, 4) is 5.75 Å². The maximum atomic E-state index is 12.6. The van der Waals surface area contributed by atoms with E-state index < -0.39 is 0 Å². The van der Waals surface area contributed by atoms with Gasteiger partial charge in [0.05, 0.1) is 12.3 Å². The van der Waals surface area contributed by atoms with Crippen molar-refractivity contribution in [2.24, 2.45) is 0 Å². The second-order valence-electron chi connectivity index (χ2n) is 7.16. The monoisotopic (exact) mass is 396 g/mol. The summed E-state index contributed by atoms with van der Waals surface area (Å²) in [7, 11) is 0. The van der Waals surface area contributed by atoms with Gasteiger partial charge in [-0.1, -0.05) is 12.1 Å². The number of nitrogens with one attached hydrogen (secondary N) is 1. The Morgan fingerprint density at radius 2 is 1.90 bits per heavy atom. The van der Waals surface area contributed by atoms with E-state index in [0.717, 1.165) is 37.4 Å². The van der Waals surface area contributed by atoms with Gasteiger partial charge in [-0.25, -0.2) is 4.98 Å². The molecule has 0 atom stereocenters. The number of nitrogens with zero attached hydrogens (tertiary/aromatic N) is 3. The van der Waals surface area contributed by atoms with Gasteiger partial charge in [0.2, 0.25) is 5.91 Å². The highest BCUT2D eigenvalue weighted by Gasteiger charge is 2.19. The molecule has 154 valence electrons. The molecular weight excluding hydrogens is 368 g/mol. The fourth-order valence-corrected chi connectivity index (χ4v) is 3.33. The van der Waals surface area contributed by atoms with Gasteiger partial charge < -0.3 is 15.0 Å². The number of piperazine rings is 1. The summed E-state index contributed by atoms with van der Waals surface area (Å²) in [4.78, 5) is 32.8. The maximum Gasteiger partial charge on any atom is 0.256 e. The number of aromatic nitrogens is 1. The zero-order valence-electron chi connectivity index (χ0n) is 17.3. The number of carbonyl (C=O) groups is 2. The van der Waals surface area contributed by atoms with Gasteiger partial charge in [-0.15, -0.1) is 0 Å². The Morgan fingerprint density at radius 3 is 2.59 bits per heavy atom. The summed E-state index contributed by atoms with van der Waals surface area (Å²) in [5, 5.41) is 2.87. The molecule has 29 heavy (non-hydrogen) atoms. The Morgan fingerprint density at radius 1 is 1.14 bits per heavy atom. The molecule has 0 bridgehead atoms. The Bertz CT molecular complexity index is 876. The molecule has 1 aromatic carbocycles. The molecule has 0 unspecified atom stereocenters. The molecule has 1 aliphatic rings. The Balaban J connectivity index is 1.62. The van der Waals surface area contributed by atoms with Crippen LogP contribution in [0.5, 0.6) is 5.75 Å². The largest absolute Gasteiger partial charge is 0.494 e. The van der Waals surface area contributed by atoms with Crippen molar-refractivity contribution in [2.75, 3.05) is 38.1 Å². The van der Waals surface area contributed by atoms with Crippen molar-refractivity contribution in [1.82, 2.24) is 14.8 Å². The van der Waals surface area contributed by atoms with E-state index in [-0.39, 0.29) is 11.8 Å². The SMILES string of the molecule is CCOc1cc(C(=O)Nc2cccc(CN3CCN(C(C)=O)CC3)n2)ccc1C. The van der Waals surface area contributed by atoms with Gasteiger partial charge in [0.25, 0.3) is 5.91 Å². The zero-order chi connectivity index (χ0) is 20.8. The van der Waals surface area contributed by atoms with Crippen LogP contribution in [0, 0.1) is 6.92 Å². The molecule has 3 rings (SSSR count). The minimum atomic E-state index is -0.217. The van der Waals surface area contributed by atoms with E-state index >= 15 is 0 Å². The fourth-order valence-electron chi connectivity index (χ4n) is 3.33. The Kier molecular flexibility index (Phi) is 6.82. The third-order valence-corrected chi connectivity index (χ3v) is 5.00. The first-order valence-corrected chi connectivity index (χ1v) is 9.95. The molecular formula is C22H28N4O3. The molecule has 0 spiro atoms. The van der Waals surface area contributed by atoms with Crippen LogP contribution in [0.15, 0.2) is 36.4 Å². The highest BCUT2D eigenvalue weighted by molar-refractivity contribution is 6.04. The Labute approximate surface area is 171 Å². The van der Waals surface area contributed by atoms with E-state index in [9.17, 15) is 9.59 Å². The lowest BCUT2D eigenvalue weighted by Gasteiger charge is -2.33. The van der Waals surface area contributed by atoms with Crippen LogP contribution < -0.4 is 10.1 Å². The topological polar surface area (TPSA) is 74.8 Å². The fraction of sp³-hybridized carbons (Fsp3) is 0.409. The van der Waals surface area contributed by atoms with Crippen molar-refractivity contribution in [3.63, 3.8) is 0 Å². The van der Waals surface area contributed by atoms with Crippen molar-refractivity contribution in [3.05, 3.63) is 53.2 Å². The van der Waals surface area contributed by atoms with Crippen molar-refractivity contribution in [2.45, 2.75) is 27.3 Å². The molecule has 1 aliphatic heterocycles. The molecule has 2 amide bonds. The second-order valence-corrected chi connectivity index (χ2v) is 7.16. The highest BCUT2D eigenvalue weighted by Crippen LogP contribution is 2.20. The molecule has 1 N–H and O–H groups in total. The lowest BCUT2D eigenvalue weighted by atomic mass is 10.1. The van der Waals surface area contributed by atoms with Crippen LogP contribution in [0.1, 0.15) is 35.5 Å². The number of hydrogen-bond acceptors (Lipinski definition) is 5. The molecule has 0 radical (unpaired) electrons. The van der Waals surface area contributed by atoms with Gasteiger partial charge in [-0.3, -0.25) is 14.5 Å². The summed E-state index contributed by atoms with van der Waals surface area (Å²) in [6.07, 6.45) is 0. The molecule has 7 heteroatoms. The zero-order valence-corrected chi connectivity index (χ0v) is 17.3. The Hall–Kier alpha value is -2.93. The van der Waals surface area contributed by atoms with E-state index in [0.29, 0.717) is 30.3 Å². The van der Waals surface area contributed by atoms with Crippen molar-refractivity contribution < 1.29 is 14.3 Å². The molecule has 1 aromatic heterocycles. The third-order valence-electron chi connectivity index (χ3n) is 5.00. The minimum absolute atomic E-state index is 0.121. The summed E-state index contributed by atoms with van der Waals surface area (Å²) in [5.41, 5.74) is 2.41. The molecule has 1 fully saturated rings. The van der Waals surface area contributed by atoms with E-state index in [1.807, 2.05) is 36.9 Å². The normalized spacial score (nSPS) is 14.5. The average molecular weight is 396 g/mol. The van der Waals surface area contributed by atoms with Crippen LogP contribution in [-0.4, -0.2) is 59.4 Å². The second kappa shape index (κ2) is 9.52. The first-order chi connectivity index (χ1) is 14.0. The van der Waals surface area contributed by atoms with Crippen LogP contribution in [0.4, 0.5) is 5.82 Å². The van der Waals surface area contributed by atoms with Crippen molar-refractivity contribution >= 4 is 17.6 Å². The average Bonchev–Trinajstić information content (AvgIpc) is 2.70. The van der Waals surface area contributed by atoms with Crippen molar-refractivity contribution in [1.29, 1.82) is 0 Å². The van der Waals surface area contributed by atoms with Crippen LogP contribution in [0.2, 0.25) is 0 Å².